The van der Waals surface area contributed by atoms with Gasteiger partial charge in [0.1, 0.15) is 0 Å². The molecule has 0 unspecified atom stereocenters. The van der Waals surface area contributed by atoms with E-state index < -0.39 is 0 Å². The molecular weight excluding hydrogens is 326 g/mol. The molecular formula is C18H14ClN3O2. The maximum absolute atomic E-state index is 11.4. The SMILES string of the molecule is COC(=O)c1ccc(C=NNc2ccnc3cc(Cl)ccc23)cc1. The Labute approximate surface area is 143 Å². The molecule has 0 fully saturated rings. The molecule has 6 heteroatoms. The second kappa shape index (κ2) is 7.10. The number of carbonyl (C=O) groups excluding carboxylic acids is 1. The Kier molecular flexibility index (Phi) is 4.72. The molecule has 120 valence electrons. The van der Waals surface area contributed by atoms with Crippen LogP contribution in [0.3, 0.4) is 0 Å². The molecule has 0 spiro atoms. The van der Waals surface area contributed by atoms with Crippen LogP contribution in [0, 0.1) is 0 Å². The zero-order chi connectivity index (χ0) is 16.9. The van der Waals surface area contributed by atoms with E-state index in [9.17, 15) is 4.79 Å². The maximum Gasteiger partial charge on any atom is 0.337 e. The number of hydrogen-bond donors (Lipinski definition) is 1. The van der Waals surface area contributed by atoms with Crippen LogP contribution in [0.5, 0.6) is 0 Å². The molecule has 5 nitrogen and oxygen atoms in total. The van der Waals surface area contributed by atoms with Gasteiger partial charge < -0.3 is 4.74 Å². The molecule has 2 aromatic carbocycles. The van der Waals surface area contributed by atoms with Crippen LogP contribution in [0.25, 0.3) is 10.9 Å². The number of nitrogens with zero attached hydrogens (tertiary/aromatic N) is 2. The summed E-state index contributed by atoms with van der Waals surface area (Å²) in [5.74, 6) is -0.362. The zero-order valence-electron chi connectivity index (χ0n) is 12.9. The molecule has 0 amide bonds. The highest BCUT2D eigenvalue weighted by Crippen LogP contribution is 2.24. The molecule has 1 heterocycles. The van der Waals surface area contributed by atoms with Gasteiger partial charge in [-0.3, -0.25) is 10.4 Å². The van der Waals surface area contributed by atoms with Crippen LogP contribution in [-0.2, 0) is 4.74 Å². The van der Waals surface area contributed by atoms with Crippen LogP contribution < -0.4 is 5.43 Å². The van der Waals surface area contributed by atoms with Crippen molar-refractivity contribution in [1.82, 2.24) is 4.98 Å². The van der Waals surface area contributed by atoms with E-state index in [1.165, 1.54) is 7.11 Å². The van der Waals surface area contributed by atoms with Crippen molar-refractivity contribution in [2.24, 2.45) is 5.10 Å². The highest BCUT2D eigenvalue weighted by Gasteiger charge is 2.04. The number of pyridine rings is 1. The van der Waals surface area contributed by atoms with E-state index in [-0.39, 0.29) is 5.97 Å². The molecule has 1 aromatic heterocycles. The summed E-state index contributed by atoms with van der Waals surface area (Å²) in [5, 5.41) is 5.80. The van der Waals surface area contributed by atoms with E-state index in [2.05, 4.69) is 20.2 Å². The molecule has 3 rings (SSSR count). The van der Waals surface area contributed by atoms with Gasteiger partial charge in [0, 0.05) is 16.6 Å². The van der Waals surface area contributed by atoms with Crippen molar-refractivity contribution >= 4 is 40.4 Å². The first-order valence-corrected chi connectivity index (χ1v) is 7.57. The predicted molar refractivity (Wildman–Crippen MR) is 95.8 cm³/mol. The van der Waals surface area contributed by atoms with Gasteiger partial charge in [0.15, 0.2) is 0 Å². The van der Waals surface area contributed by atoms with Crippen molar-refractivity contribution in [1.29, 1.82) is 0 Å². The highest BCUT2D eigenvalue weighted by atomic mass is 35.5. The van der Waals surface area contributed by atoms with E-state index in [0.29, 0.717) is 10.6 Å². The molecule has 0 saturated heterocycles. The van der Waals surface area contributed by atoms with E-state index >= 15 is 0 Å². The van der Waals surface area contributed by atoms with Gasteiger partial charge in [0.05, 0.1) is 30.1 Å². The van der Waals surface area contributed by atoms with E-state index in [0.717, 1.165) is 22.2 Å². The van der Waals surface area contributed by atoms with Crippen molar-refractivity contribution in [3.63, 3.8) is 0 Å². The van der Waals surface area contributed by atoms with Crippen LogP contribution in [-0.4, -0.2) is 24.3 Å². The lowest BCUT2D eigenvalue weighted by atomic mass is 10.1. The summed E-state index contributed by atoms with van der Waals surface area (Å²) in [6.07, 6.45) is 3.37. The largest absolute Gasteiger partial charge is 0.465 e. The third-order valence-corrected chi connectivity index (χ3v) is 3.67. The summed E-state index contributed by atoms with van der Waals surface area (Å²) in [5.41, 5.74) is 5.99. The van der Waals surface area contributed by atoms with E-state index in [1.54, 1.807) is 42.7 Å². The number of nitrogens with one attached hydrogen (secondary N) is 1. The second-order valence-electron chi connectivity index (χ2n) is 5.00. The smallest absolute Gasteiger partial charge is 0.337 e. The number of carbonyl (C=O) groups is 1. The Morgan fingerprint density at radius 1 is 1.21 bits per heavy atom. The number of halogens is 1. The van der Waals surface area contributed by atoms with Gasteiger partial charge in [-0.25, -0.2) is 4.79 Å². The van der Waals surface area contributed by atoms with Crippen molar-refractivity contribution in [3.05, 3.63) is 70.9 Å². The molecule has 0 saturated carbocycles. The third kappa shape index (κ3) is 3.52. The number of esters is 1. The number of hydrogen-bond acceptors (Lipinski definition) is 5. The van der Waals surface area contributed by atoms with Crippen LogP contribution in [0.1, 0.15) is 15.9 Å². The van der Waals surface area contributed by atoms with Crippen LogP contribution in [0.2, 0.25) is 5.02 Å². The summed E-state index contributed by atoms with van der Waals surface area (Å²) in [6.45, 7) is 0. The number of rotatable bonds is 4. The number of hydrazone groups is 1. The first-order chi connectivity index (χ1) is 11.7. The minimum absolute atomic E-state index is 0.362. The maximum atomic E-state index is 11.4. The third-order valence-electron chi connectivity index (χ3n) is 3.44. The molecule has 0 aliphatic rings. The average molecular weight is 340 g/mol. The number of fused-ring (bicyclic) bond motifs is 1. The lowest BCUT2D eigenvalue weighted by Gasteiger charge is -2.05. The fourth-order valence-electron chi connectivity index (χ4n) is 2.22. The summed E-state index contributed by atoms with van der Waals surface area (Å²) >= 11 is 5.98. The highest BCUT2D eigenvalue weighted by molar-refractivity contribution is 6.31. The van der Waals surface area contributed by atoms with Gasteiger partial charge in [0.2, 0.25) is 0 Å². The Morgan fingerprint density at radius 2 is 2.00 bits per heavy atom. The van der Waals surface area contributed by atoms with Crippen LogP contribution in [0.4, 0.5) is 5.69 Å². The Bertz CT molecular complexity index is 908. The molecule has 3 aromatic rings. The number of aromatic nitrogens is 1. The van der Waals surface area contributed by atoms with Crippen LogP contribution in [0.15, 0.2) is 59.8 Å². The number of ether oxygens (including phenoxy) is 1. The summed E-state index contributed by atoms with van der Waals surface area (Å²) in [7, 11) is 1.36. The molecule has 0 aliphatic heterocycles. The molecule has 1 N–H and O–H groups in total. The van der Waals surface area contributed by atoms with Gasteiger partial charge in [-0.2, -0.15) is 5.10 Å². The summed E-state index contributed by atoms with van der Waals surface area (Å²) in [4.78, 5) is 15.7. The standard InChI is InChI=1S/C18H14ClN3O2/c1-24-18(23)13-4-2-12(3-5-13)11-21-22-16-8-9-20-17-10-14(19)6-7-15(16)17/h2-11H,1H3,(H,20,22). The normalized spacial score (nSPS) is 10.9. The summed E-state index contributed by atoms with van der Waals surface area (Å²) in [6, 6.07) is 14.3. The fourth-order valence-corrected chi connectivity index (χ4v) is 2.38. The molecule has 0 aliphatic carbocycles. The van der Waals surface area contributed by atoms with Crippen LogP contribution >= 0.6 is 11.6 Å². The molecule has 24 heavy (non-hydrogen) atoms. The van der Waals surface area contributed by atoms with Crippen molar-refractivity contribution in [2.75, 3.05) is 12.5 Å². The minimum atomic E-state index is -0.362. The lowest BCUT2D eigenvalue weighted by molar-refractivity contribution is 0.0600. The summed E-state index contributed by atoms with van der Waals surface area (Å²) < 4.78 is 4.66. The molecule has 0 bridgehead atoms. The Balaban J connectivity index is 1.76. The van der Waals surface area contributed by atoms with Gasteiger partial charge in [-0.1, -0.05) is 23.7 Å². The molecule has 0 radical (unpaired) electrons. The Morgan fingerprint density at radius 3 is 2.75 bits per heavy atom. The van der Waals surface area contributed by atoms with Crippen molar-refractivity contribution in [3.8, 4) is 0 Å². The predicted octanol–water partition coefficient (Wildman–Crippen LogP) is 4.12. The zero-order valence-corrected chi connectivity index (χ0v) is 13.6. The quantitative estimate of drug-likeness (QED) is 0.441. The van der Waals surface area contributed by atoms with E-state index in [4.69, 9.17) is 11.6 Å². The molecule has 0 atom stereocenters. The topological polar surface area (TPSA) is 63.6 Å². The van der Waals surface area contributed by atoms with Gasteiger partial charge >= 0.3 is 5.97 Å². The Hall–Kier alpha value is -2.92. The lowest BCUT2D eigenvalue weighted by Crippen LogP contribution is -2.00. The van der Waals surface area contributed by atoms with Gasteiger partial charge in [-0.15, -0.1) is 0 Å². The first-order valence-electron chi connectivity index (χ1n) is 7.19. The number of benzene rings is 2. The van der Waals surface area contributed by atoms with Gasteiger partial charge in [-0.05, 0) is 42.0 Å². The van der Waals surface area contributed by atoms with Crippen molar-refractivity contribution in [2.45, 2.75) is 0 Å². The van der Waals surface area contributed by atoms with Gasteiger partial charge in [0.25, 0.3) is 0 Å². The average Bonchev–Trinajstić information content (AvgIpc) is 2.61. The van der Waals surface area contributed by atoms with Crippen molar-refractivity contribution < 1.29 is 9.53 Å². The first kappa shape index (κ1) is 16.0. The second-order valence-corrected chi connectivity index (χ2v) is 5.44. The van der Waals surface area contributed by atoms with E-state index in [1.807, 2.05) is 18.2 Å². The monoisotopic (exact) mass is 339 g/mol. The minimum Gasteiger partial charge on any atom is -0.465 e. The number of methoxy groups -OCH3 is 1. The number of anilines is 1. The fraction of sp³-hybridized carbons (Fsp3) is 0.0556.